The van der Waals surface area contributed by atoms with Gasteiger partial charge in [-0.2, -0.15) is 0 Å². The first-order chi connectivity index (χ1) is 15.7. The molecule has 0 atom stereocenters. The minimum atomic E-state index is 0.158. The molecular formula is C25H33N3O4. The number of ether oxygens (including phenoxy) is 2. The number of amides is 1. The molecule has 7 heteroatoms. The van der Waals surface area contributed by atoms with Crippen molar-refractivity contribution in [1.29, 1.82) is 0 Å². The molecule has 172 valence electrons. The fourth-order valence-electron chi connectivity index (χ4n) is 4.30. The minimum Gasteiger partial charge on any atom is -0.490 e. The highest BCUT2D eigenvalue weighted by atomic mass is 16.5. The lowest BCUT2D eigenvalue weighted by Gasteiger charge is -2.33. The number of aromatic nitrogens is 1. The zero-order valence-electron chi connectivity index (χ0n) is 18.6. The number of pyridine rings is 1. The lowest BCUT2D eigenvalue weighted by Crippen LogP contribution is -2.44. The van der Waals surface area contributed by atoms with Crippen molar-refractivity contribution in [2.45, 2.75) is 38.6 Å². The molecule has 0 aliphatic carbocycles. The molecule has 0 unspecified atom stereocenters. The van der Waals surface area contributed by atoms with Gasteiger partial charge in [0, 0.05) is 38.0 Å². The third-order valence-corrected chi connectivity index (χ3v) is 6.26. The van der Waals surface area contributed by atoms with E-state index in [1.807, 2.05) is 41.3 Å². The van der Waals surface area contributed by atoms with Crippen molar-refractivity contribution in [2.75, 3.05) is 39.4 Å². The molecule has 0 radical (unpaired) electrons. The Kier molecular flexibility index (Phi) is 7.96. The Bertz CT molecular complexity index is 883. The maximum atomic E-state index is 13.0. The average Bonchev–Trinajstić information content (AvgIpc) is 2.84. The monoisotopic (exact) mass is 439 g/mol. The number of aliphatic hydroxyl groups is 1. The molecule has 1 saturated heterocycles. The van der Waals surface area contributed by atoms with E-state index < -0.39 is 0 Å². The zero-order valence-corrected chi connectivity index (χ0v) is 18.6. The van der Waals surface area contributed by atoms with E-state index in [9.17, 15) is 9.90 Å². The van der Waals surface area contributed by atoms with Gasteiger partial charge in [-0.1, -0.05) is 18.2 Å². The van der Waals surface area contributed by atoms with Crippen LogP contribution in [0.5, 0.6) is 17.4 Å². The van der Waals surface area contributed by atoms with Crippen LogP contribution >= 0.6 is 0 Å². The summed E-state index contributed by atoms with van der Waals surface area (Å²) in [5.41, 5.74) is 0.952. The lowest BCUT2D eigenvalue weighted by molar-refractivity contribution is -0.134. The maximum absolute atomic E-state index is 13.0. The van der Waals surface area contributed by atoms with Gasteiger partial charge in [-0.05, 0) is 62.8 Å². The molecule has 1 fully saturated rings. The Balaban J connectivity index is 1.49. The number of hydrogen-bond donors (Lipinski definition) is 1. The summed E-state index contributed by atoms with van der Waals surface area (Å²) < 4.78 is 12.1. The van der Waals surface area contributed by atoms with Crippen LogP contribution in [0.1, 0.15) is 37.7 Å². The van der Waals surface area contributed by atoms with Crippen molar-refractivity contribution in [1.82, 2.24) is 14.8 Å². The normalized spacial score (nSPS) is 18.7. The first-order valence-electron chi connectivity index (χ1n) is 11.7. The maximum Gasteiger partial charge on any atom is 0.236 e. The van der Waals surface area contributed by atoms with Crippen LogP contribution in [-0.4, -0.2) is 65.2 Å². The van der Waals surface area contributed by atoms with Crippen molar-refractivity contribution in [2.24, 2.45) is 5.92 Å². The number of rotatable bonds is 3. The van der Waals surface area contributed by atoms with Crippen LogP contribution in [0.3, 0.4) is 0 Å². The number of fused-ring (bicyclic) bond motifs is 2. The van der Waals surface area contributed by atoms with E-state index in [-0.39, 0.29) is 12.5 Å². The van der Waals surface area contributed by atoms with Crippen LogP contribution in [0.15, 0.2) is 42.6 Å². The number of piperidine rings is 1. The summed E-state index contributed by atoms with van der Waals surface area (Å²) in [5.74, 6) is 2.40. The molecule has 1 aromatic carbocycles. The predicted octanol–water partition coefficient (Wildman–Crippen LogP) is 3.47. The minimum absolute atomic E-state index is 0.158. The first kappa shape index (κ1) is 22.6. The van der Waals surface area contributed by atoms with Crippen LogP contribution in [0, 0.1) is 5.92 Å². The van der Waals surface area contributed by atoms with Crippen molar-refractivity contribution in [3.8, 4) is 17.4 Å². The summed E-state index contributed by atoms with van der Waals surface area (Å²) >= 11 is 0. The summed E-state index contributed by atoms with van der Waals surface area (Å²) in [6.45, 7) is 4.12. The number of likely N-dealkylation sites (tertiary alicyclic amines) is 1. The SMILES string of the molecule is O=C(CN1CCCCCOc2ccccc2Oc2ncccc2C1)N1CCC(CO)CC1. The molecule has 32 heavy (non-hydrogen) atoms. The highest BCUT2D eigenvalue weighted by Gasteiger charge is 2.24. The van der Waals surface area contributed by atoms with Crippen molar-refractivity contribution < 1.29 is 19.4 Å². The molecule has 0 bridgehead atoms. The Hall–Kier alpha value is -2.64. The summed E-state index contributed by atoms with van der Waals surface area (Å²) in [6.07, 6.45) is 6.47. The lowest BCUT2D eigenvalue weighted by atomic mass is 9.98. The van der Waals surface area contributed by atoms with Crippen molar-refractivity contribution in [3.63, 3.8) is 0 Å². The van der Waals surface area contributed by atoms with E-state index in [0.717, 1.165) is 63.1 Å². The number of aliphatic hydroxyl groups excluding tert-OH is 1. The van der Waals surface area contributed by atoms with E-state index in [1.165, 1.54) is 0 Å². The average molecular weight is 440 g/mol. The Morgan fingerprint density at radius 3 is 2.66 bits per heavy atom. The molecule has 4 rings (SSSR count). The van der Waals surface area contributed by atoms with E-state index in [0.29, 0.717) is 37.2 Å². The number of para-hydroxylation sites is 2. The van der Waals surface area contributed by atoms with Gasteiger partial charge in [0.05, 0.1) is 13.2 Å². The van der Waals surface area contributed by atoms with Crippen LogP contribution in [0.25, 0.3) is 0 Å². The van der Waals surface area contributed by atoms with Gasteiger partial charge in [0.1, 0.15) is 0 Å². The molecule has 0 saturated carbocycles. The highest BCUT2D eigenvalue weighted by molar-refractivity contribution is 5.78. The second-order valence-electron chi connectivity index (χ2n) is 8.64. The van der Waals surface area contributed by atoms with Crippen LogP contribution in [0.4, 0.5) is 0 Å². The van der Waals surface area contributed by atoms with Gasteiger partial charge in [-0.25, -0.2) is 4.98 Å². The van der Waals surface area contributed by atoms with Crippen LogP contribution in [0.2, 0.25) is 0 Å². The molecule has 7 nitrogen and oxygen atoms in total. The molecule has 1 amide bonds. The van der Waals surface area contributed by atoms with Crippen molar-refractivity contribution in [3.05, 3.63) is 48.2 Å². The fourth-order valence-corrected chi connectivity index (χ4v) is 4.30. The number of benzene rings is 1. The predicted molar refractivity (Wildman–Crippen MR) is 122 cm³/mol. The Morgan fingerprint density at radius 2 is 1.84 bits per heavy atom. The van der Waals surface area contributed by atoms with Gasteiger partial charge >= 0.3 is 0 Å². The van der Waals surface area contributed by atoms with Gasteiger partial charge < -0.3 is 19.5 Å². The Labute approximate surface area is 190 Å². The second-order valence-corrected chi connectivity index (χ2v) is 8.64. The van der Waals surface area contributed by atoms with Crippen LogP contribution in [-0.2, 0) is 11.3 Å². The smallest absolute Gasteiger partial charge is 0.236 e. The first-order valence-corrected chi connectivity index (χ1v) is 11.7. The summed E-state index contributed by atoms with van der Waals surface area (Å²) in [5, 5.41) is 9.36. The number of hydrogen-bond acceptors (Lipinski definition) is 6. The number of carbonyl (C=O) groups excluding carboxylic acids is 1. The molecule has 1 N–H and O–H groups in total. The van der Waals surface area contributed by atoms with E-state index >= 15 is 0 Å². The van der Waals surface area contributed by atoms with Crippen LogP contribution < -0.4 is 9.47 Å². The largest absolute Gasteiger partial charge is 0.490 e. The summed E-state index contributed by atoms with van der Waals surface area (Å²) in [4.78, 5) is 21.6. The molecule has 2 aliphatic rings. The zero-order chi connectivity index (χ0) is 22.2. The number of nitrogens with zero attached hydrogens (tertiary/aromatic N) is 3. The quantitative estimate of drug-likeness (QED) is 0.789. The second kappa shape index (κ2) is 11.3. The fraction of sp³-hybridized carbons (Fsp3) is 0.520. The molecule has 1 aromatic heterocycles. The molecule has 2 aromatic rings. The molecular weight excluding hydrogens is 406 g/mol. The number of carbonyl (C=O) groups is 1. The third-order valence-electron chi connectivity index (χ3n) is 6.26. The Morgan fingerprint density at radius 1 is 1.03 bits per heavy atom. The summed E-state index contributed by atoms with van der Waals surface area (Å²) in [7, 11) is 0. The van der Waals surface area contributed by atoms with Gasteiger partial charge in [-0.15, -0.1) is 0 Å². The molecule has 0 spiro atoms. The topological polar surface area (TPSA) is 75.1 Å². The van der Waals surface area contributed by atoms with Gasteiger partial charge in [-0.3, -0.25) is 9.69 Å². The highest BCUT2D eigenvalue weighted by Crippen LogP contribution is 2.32. The van der Waals surface area contributed by atoms with Crippen molar-refractivity contribution >= 4 is 5.91 Å². The van der Waals surface area contributed by atoms with Gasteiger partial charge in [0.15, 0.2) is 11.5 Å². The van der Waals surface area contributed by atoms with E-state index in [1.54, 1.807) is 6.20 Å². The molecule has 3 heterocycles. The van der Waals surface area contributed by atoms with Gasteiger partial charge in [0.2, 0.25) is 11.8 Å². The van der Waals surface area contributed by atoms with E-state index in [2.05, 4.69) is 9.88 Å². The van der Waals surface area contributed by atoms with E-state index in [4.69, 9.17) is 9.47 Å². The molecule has 2 aliphatic heterocycles. The standard InChI is InChI=1S/C25H33N3O4/c29-19-20-10-14-28(15-11-20)24(30)18-27-13-4-1-5-16-31-22-8-2-3-9-23(22)32-25-21(17-27)7-6-12-26-25/h2-3,6-9,12,20,29H,1,4-5,10-11,13-19H2. The summed E-state index contributed by atoms with van der Waals surface area (Å²) in [6, 6.07) is 11.6. The third kappa shape index (κ3) is 5.99. The van der Waals surface area contributed by atoms with Gasteiger partial charge in [0.25, 0.3) is 0 Å².